The van der Waals surface area contributed by atoms with Crippen LogP contribution < -0.4 is 0 Å². The quantitative estimate of drug-likeness (QED) is 0.181. The average Bonchev–Trinajstić information content (AvgIpc) is 3.56. The van der Waals surface area contributed by atoms with Gasteiger partial charge < -0.3 is 0 Å². The Hall–Kier alpha value is -5.64. The summed E-state index contributed by atoms with van der Waals surface area (Å²) in [5.74, 6) is -0.217. The van der Waals surface area contributed by atoms with Gasteiger partial charge in [-0.25, -0.2) is 9.37 Å². The van der Waals surface area contributed by atoms with Crippen LogP contribution in [0.2, 0.25) is 0 Å². The van der Waals surface area contributed by atoms with Crippen LogP contribution in [0.5, 0.6) is 0 Å². The number of thiazole rings is 1. The first kappa shape index (κ1) is 26.7. The Balaban J connectivity index is 0.998. The van der Waals surface area contributed by atoms with Gasteiger partial charge in [-0.15, -0.1) is 11.3 Å². The third kappa shape index (κ3) is 4.73. The Morgan fingerprint density at radius 3 is 1.41 bits per heavy atom. The molecular weight excluding hydrogens is 582 g/mol. The van der Waals surface area contributed by atoms with Gasteiger partial charge in [0.25, 0.3) is 0 Å². The molecule has 216 valence electrons. The van der Waals surface area contributed by atoms with Crippen molar-refractivity contribution in [1.82, 2.24) is 4.98 Å². The summed E-state index contributed by atoms with van der Waals surface area (Å²) < 4.78 is 14.6. The Morgan fingerprint density at radius 1 is 0.391 bits per heavy atom. The maximum absolute atomic E-state index is 13.4. The second kappa shape index (κ2) is 10.8. The summed E-state index contributed by atoms with van der Waals surface area (Å²) in [5, 5.41) is 8.33. The Labute approximate surface area is 269 Å². The van der Waals surface area contributed by atoms with Crippen LogP contribution in [0.4, 0.5) is 4.39 Å². The molecule has 0 spiro atoms. The Morgan fingerprint density at radius 2 is 0.826 bits per heavy atom. The standard InChI is InChI=1S/C43H26FNS/c44-38-19-15-28(16-20-38)31-17-21-39-36(25-31)13-14-37-26-35(18-22-40(37)39)34-12-11-32-23-30(9-10-33(32)24-34)27-5-7-29(8-6-27)43-45-41-3-1-2-4-42(41)46-43/h1-26H. The highest BCUT2D eigenvalue weighted by molar-refractivity contribution is 7.21. The molecule has 1 aromatic heterocycles. The predicted molar refractivity (Wildman–Crippen MR) is 194 cm³/mol. The fraction of sp³-hybridized carbons (Fsp3) is 0. The minimum Gasteiger partial charge on any atom is -0.236 e. The Bertz CT molecular complexity index is 2550. The van der Waals surface area contributed by atoms with Crippen molar-refractivity contribution in [2.75, 3.05) is 0 Å². The Kier molecular flexibility index (Phi) is 6.25. The zero-order valence-corrected chi connectivity index (χ0v) is 25.6. The van der Waals surface area contributed by atoms with Gasteiger partial charge in [-0.05, 0) is 114 Å². The van der Waals surface area contributed by atoms with E-state index < -0.39 is 0 Å². The van der Waals surface area contributed by atoms with Gasteiger partial charge in [0.05, 0.1) is 10.2 Å². The number of halogens is 1. The molecule has 0 fully saturated rings. The summed E-state index contributed by atoms with van der Waals surface area (Å²) in [6.07, 6.45) is 0. The molecule has 0 saturated heterocycles. The van der Waals surface area contributed by atoms with E-state index in [1.165, 1.54) is 71.4 Å². The third-order valence-corrected chi connectivity index (χ3v) is 10.0. The highest BCUT2D eigenvalue weighted by Crippen LogP contribution is 2.35. The van der Waals surface area contributed by atoms with Crippen molar-refractivity contribution < 1.29 is 4.39 Å². The maximum Gasteiger partial charge on any atom is 0.124 e. The molecule has 8 aromatic carbocycles. The molecular formula is C43H26FNS. The van der Waals surface area contributed by atoms with E-state index in [2.05, 4.69) is 127 Å². The van der Waals surface area contributed by atoms with Gasteiger partial charge in [0.1, 0.15) is 10.8 Å². The number of para-hydroxylation sites is 1. The average molecular weight is 608 g/mol. The van der Waals surface area contributed by atoms with Crippen LogP contribution >= 0.6 is 11.3 Å². The van der Waals surface area contributed by atoms with Gasteiger partial charge in [-0.1, -0.05) is 109 Å². The van der Waals surface area contributed by atoms with Crippen molar-refractivity contribution in [3.8, 4) is 44.0 Å². The zero-order valence-electron chi connectivity index (χ0n) is 24.7. The number of hydrogen-bond acceptors (Lipinski definition) is 2. The SMILES string of the molecule is Fc1ccc(-c2ccc3c(ccc4cc(-c5ccc6cc(-c7ccc(-c8nc9ccccc9s8)cc7)ccc6c5)ccc43)c2)cc1. The van der Waals surface area contributed by atoms with Crippen molar-refractivity contribution >= 4 is 53.9 Å². The predicted octanol–water partition coefficient (Wildman–Crippen LogP) is 12.6. The molecule has 0 saturated carbocycles. The fourth-order valence-electron chi connectivity index (χ4n) is 6.48. The second-order valence-corrected chi connectivity index (χ2v) is 12.8. The zero-order chi connectivity index (χ0) is 30.6. The van der Waals surface area contributed by atoms with E-state index in [9.17, 15) is 4.39 Å². The van der Waals surface area contributed by atoms with Crippen LogP contribution in [0.1, 0.15) is 0 Å². The summed E-state index contributed by atoms with van der Waals surface area (Å²) >= 11 is 1.73. The van der Waals surface area contributed by atoms with E-state index >= 15 is 0 Å². The van der Waals surface area contributed by atoms with Crippen LogP contribution in [-0.4, -0.2) is 4.98 Å². The molecule has 0 atom stereocenters. The molecule has 0 radical (unpaired) electrons. The van der Waals surface area contributed by atoms with Crippen LogP contribution in [0.15, 0.2) is 158 Å². The molecule has 0 aliphatic rings. The number of nitrogens with zero attached hydrogens (tertiary/aromatic N) is 1. The molecule has 0 unspecified atom stereocenters. The van der Waals surface area contributed by atoms with Gasteiger partial charge in [-0.2, -0.15) is 0 Å². The van der Waals surface area contributed by atoms with Gasteiger partial charge >= 0.3 is 0 Å². The number of aromatic nitrogens is 1. The molecule has 46 heavy (non-hydrogen) atoms. The monoisotopic (exact) mass is 607 g/mol. The van der Waals surface area contributed by atoms with E-state index in [1.54, 1.807) is 11.3 Å². The van der Waals surface area contributed by atoms with E-state index in [0.717, 1.165) is 27.2 Å². The minimum absolute atomic E-state index is 0.217. The number of benzene rings is 8. The summed E-state index contributed by atoms with van der Waals surface area (Å²) in [4.78, 5) is 4.81. The summed E-state index contributed by atoms with van der Waals surface area (Å²) in [6.45, 7) is 0. The van der Waals surface area contributed by atoms with Gasteiger partial charge in [0.2, 0.25) is 0 Å². The molecule has 9 rings (SSSR count). The lowest BCUT2D eigenvalue weighted by atomic mass is 9.94. The van der Waals surface area contributed by atoms with Crippen LogP contribution in [0.25, 0.3) is 86.5 Å². The number of rotatable bonds is 4. The van der Waals surface area contributed by atoms with Crippen molar-refractivity contribution in [2.24, 2.45) is 0 Å². The normalized spacial score (nSPS) is 11.6. The first-order chi connectivity index (χ1) is 22.6. The fourth-order valence-corrected chi connectivity index (χ4v) is 7.45. The number of fused-ring (bicyclic) bond motifs is 5. The first-order valence-corrected chi connectivity index (χ1v) is 16.2. The molecule has 3 heteroatoms. The molecule has 1 nitrogen and oxygen atoms in total. The maximum atomic E-state index is 13.4. The molecule has 9 aromatic rings. The largest absolute Gasteiger partial charge is 0.236 e. The van der Waals surface area contributed by atoms with Crippen molar-refractivity contribution in [3.63, 3.8) is 0 Å². The van der Waals surface area contributed by atoms with Gasteiger partial charge in [0, 0.05) is 5.56 Å². The lowest BCUT2D eigenvalue weighted by Gasteiger charge is -2.10. The van der Waals surface area contributed by atoms with Gasteiger partial charge in [-0.3, -0.25) is 0 Å². The molecule has 0 N–H and O–H groups in total. The first-order valence-electron chi connectivity index (χ1n) is 15.4. The summed E-state index contributed by atoms with van der Waals surface area (Å²) in [7, 11) is 0. The van der Waals surface area contributed by atoms with E-state index in [1.807, 2.05) is 18.2 Å². The van der Waals surface area contributed by atoms with E-state index in [0.29, 0.717) is 0 Å². The third-order valence-electron chi connectivity index (χ3n) is 8.95. The lowest BCUT2D eigenvalue weighted by Crippen LogP contribution is -1.84. The lowest BCUT2D eigenvalue weighted by molar-refractivity contribution is 0.628. The van der Waals surface area contributed by atoms with Crippen LogP contribution in [-0.2, 0) is 0 Å². The molecule has 0 amide bonds. The van der Waals surface area contributed by atoms with Gasteiger partial charge in [0.15, 0.2) is 0 Å². The van der Waals surface area contributed by atoms with Crippen LogP contribution in [0.3, 0.4) is 0 Å². The topological polar surface area (TPSA) is 12.9 Å². The van der Waals surface area contributed by atoms with Crippen LogP contribution in [0, 0.1) is 5.82 Å². The molecule has 0 aliphatic carbocycles. The minimum atomic E-state index is -0.217. The smallest absolute Gasteiger partial charge is 0.124 e. The van der Waals surface area contributed by atoms with Crippen molar-refractivity contribution in [2.45, 2.75) is 0 Å². The van der Waals surface area contributed by atoms with E-state index in [4.69, 9.17) is 4.98 Å². The summed E-state index contributed by atoms with van der Waals surface area (Å²) in [6, 6.07) is 54.8. The number of hydrogen-bond donors (Lipinski definition) is 0. The van der Waals surface area contributed by atoms with Crippen molar-refractivity contribution in [1.29, 1.82) is 0 Å². The molecule has 0 bridgehead atoms. The highest BCUT2D eigenvalue weighted by Gasteiger charge is 2.09. The second-order valence-electron chi connectivity index (χ2n) is 11.8. The summed E-state index contributed by atoms with van der Waals surface area (Å²) in [5.41, 5.74) is 9.10. The highest BCUT2D eigenvalue weighted by atomic mass is 32.1. The van der Waals surface area contributed by atoms with E-state index in [-0.39, 0.29) is 5.82 Å². The molecule has 1 heterocycles. The van der Waals surface area contributed by atoms with Crippen molar-refractivity contribution in [3.05, 3.63) is 164 Å². The molecule has 0 aliphatic heterocycles.